The molecule has 1 aliphatic carbocycles. The third-order valence-corrected chi connectivity index (χ3v) is 6.07. The highest BCUT2D eigenvalue weighted by Crippen LogP contribution is 2.33. The van der Waals surface area contributed by atoms with Crippen LogP contribution in [0.2, 0.25) is 0 Å². The van der Waals surface area contributed by atoms with Crippen molar-refractivity contribution in [1.82, 2.24) is 20.2 Å². The van der Waals surface area contributed by atoms with Crippen LogP contribution in [0.4, 0.5) is 5.69 Å². The SMILES string of the molecule is O=C(Nc1ccc(I)cc1)c1ccc(-c2nnn(CCCC3CC3)n2)c(Br)c1. The summed E-state index contributed by atoms with van der Waals surface area (Å²) >= 11 is 5.77. The number of anilines is 1. The number of nitrogens with one attached hydrogen (secondary N) is 1. The van der Waals surface area contributed by atoms with E-state index >= 15 is 0 Å². The molecular formula is C20H19BrIN5O. The van der Waals surface area contributed by atoms with E-state index in [1.54, 1.807) is 16.9 Å². The van der Waals surface area contributed by atoms with Crippen LogP contribution < -0.4 is 5.32 Å². The van der Waals surface area contributed by atoms with E-state index in [2.05, 4.69) is 59.2 Å². The zero-order valence-electron chi connectivity index (χ0n) is 15.1. The van der Waals surface area contributed by atoms with Crippen molar-refractivity contribution in [3.8, 4) is 11.4 Å². The molecule has 1 saturated carbocycles. The molecule has 1 fully saturated rings. The Kier molecular flexibility index (Phi) is 6.05. The van der Waals surface area contributed by atoms with E-state index in [0.717, 1.165) is 38.2 Å². The van der Waals surface area contributed by atoms with Crippen molar-refractivity contribution in [3.63, 3.8) is 0 Å². The van der Waals surface area contributed by atoms with E-state index in [0.29, 0.717) is 11.4 Å². The highest BCUT2D eigenvalue weighted by Gasteiger charge is 2.20. The molecule has 144 valence electrons. The molecule has 1 aliphatic rings. The number of amides is 1. The predicted molar refractivity (Wildman–Crippen MR) is 120 cm³/mol. The zero-order valence-corrected chi connectivity index (χ0v) is 18.9. The molecule has 2 aromatic carbocycles. The minimum absolute atomic E-state index is 0.162. The first kappa shape index (κ1) is 19.5. The Morgan fingerprint density at radius 3 is 2.71 bits per heavy atom. The molecule has 4 rings (SSSR count). The second-order valence-corrected chi connectivity index (χ2v) is 9.05. The molecule has 28 heavy (non-hydrogen) atoms. The van der Waals surface area contributed by atoms with Gasteiger partial charge in [-0.15, -0.1) is 10.2 Å². The normalized spacial score (nSPS) is 13.5. The van der Waals surface area contributed by atoms with Crippen molar-refractivity contribution in [2.24, 2.45) is 5.92 Å². The van der Waals surface area contributed by atoms with Crippen LogP contribution >= 0.6 is 38.5 Å². The molecule has 1 heterocycles. The fourth-order valence-electron chi connectivity index (χ4n) is 2.95. The maximum atomic E-state index is 12.5. The summed E-state index contributed by atoms with van der Waals surface area (Å²) in [5.41, 5.74) is 2.15. The number of hydrogen-bond acceptors (Lipinski definition) is 4. The highest BCUT2D eigenvalue weighted by atomic mass is 127. The Labute approximate surface area is 185 Å². The Balaban J connectivity index is 1.42. The quantitative estimate of drug-likeness (QED) is 0.412. The van der Waals surface area contributed by atoms with Crippen molar-refractivity contribution in [3.05, 3.63) is 56.1 Å². The molecule has 1 N–H and O–H groups in total. The lowest BCUT2D eigenvalue weighted by molar-refractivity contribution is 0.102. The van der Waals surface area contributed by atoms with Crippen molar-refractivity contribution in [2.45, 2.75) is 32.2 Å². The predicted octanol–water partition coefficient (Wildman–Crippen LogP) is 5.15. The van der Waals surface area contributed by atoms with Crippen LogP contribution in [0.15, 0.2) is 46.9 Å². The van der Waals surface area contributed by atoms with Crippen molar-refractivity contribution < 1.29 is 4.79 Å². The first-order valence-electron chi connectivity index (χ1n) is 9.23. The number of aromatic nitrogens is 4. The van der Waals surface area contributed by atoms with Crippen LogP contribution in [0.5, 0.6) is 0 Å². The van der Waals surface area contributed by atoms with Crippen molar-refractivity contribution in [2.75, 3.05) is 5.32 Å². The minimum Gasteiger partial charge on any atom is -0.322 e. The van der Waals surface area contributed by atoms with Gasteiger partial charge in [0.1, 0.15) is 0 Å². The number of benzene rings is 2. The first-order valence-corrected chi connectivity index (χ1v) is 11.1. The summed E-state index contributed by atoms with van der Waals surface area (Å²) in [6.07, 6.45) is 5.06. The largest absolute Gasteiger partial charge is 0.322 e. The summed E-state index contributed by atoms with van der Waals surface area (Å²) in [4.78, 5) is 14.2. The van der Waals surface area contributed by atoms with Gasteiger partial charge in [-0.1, -0.05) is 28.8 Å². The summed E-state index contributed by atoms with van der Waals surface area (Å²) in [6.45, 7) is 0.789. The fourth-order valence-corrected chi connectivity index (χ4v) is 3.86. The number of aryl methyl sites for hydroxylation is 1. The van der Waals surface area contributed by atoms with E-state index in [1.165, 1.54) is 19.3 Å². The number of carbonyl (C=O) groups is 1. The average molecular weight is 552 g/mol. The van der Waals surface area contributed by atoms with Gasteiger partial charge in [-0.3, -0.25) is 4.79 Å². The Bertz CT molecular complexity index is 985. The van der Waals surface area contributed by atoms with Gasteiger partial charge >= 0.3 is 0 Å². The molecule has 0 atom stereocenters. The van der Waals surface area contributed by atoms with E-state index in [-0.39, 0.29) is 5.91 Å². The van der Waals surface area contributed by atoms with Gasteiger partial charge in [0.05, 0.1) is 6.54 Å². The molecule has 0 bridgehead atoms. The molecule has 8 heteroatoms. The molecule has 1 amide bonds. The summed E-state index contributed by atoms with van der Waals surface area (Å²) in [7, 11) is 0. The minimum atomic E-state index is -0.162. The van der Waals surface area contributed by atoms with Crippen LogP contribution in [0, 0.1) is 9.49 Å². The van der Waals surface area contributed by atoms with Crippen LogP contribution in [-0.2, 0) is 6.54 Å². The number of carbonyl (C=O) groups excluding carboxylic acids is 1. The lowest BCUT2D eigenvalue weighted by atomic mass is 10.1. The molecule has 0 radical (unpaired) electrons. The van der Waals surface area contributed by atoms with Gasteiger partial charge < -0.3 is 5.32 Å². The smallest absolute Gasteiger partial charge is 0.255 e. The van der Waals surface area contributed by atoms with Gasteiger partial charge in [-0.2, -0.15) is 4.80 Å². The van der Waals surface area contributed by atoms with Crippen molar-refractivity contribution in [1.29, 1.82) is 0 Å². The topological polar surface area (TPSA) is 72.7 Å². The lowest BCUT2D eigenvalue weighted by Crippen LogP contribution is -2.11. The fraction of sp³-hybridized carbons (Fsp3) is 0.300. The number of nitrogens with zero attached hydrogens (tertiary/aromatic N) is 4. The van der Waals surface area contributed by atoms with Gasteiger partial charge in [0.15, 0.2) is 0 Å². The number of halogens is 2. The van der Waals surface area contributed by atoms with Gasteiger partial charge in [0.2, 0.25) is 5.82 Å². The van der Waals surface area contributed by atoms with E-state index in [4.69, 9.17) is 0 Å². The molecule has 0 unspecified atom stereocenters. The van der Waals surface area contributed by atoms with Crippen LogP contribution in [0.3, 0.4) is 0 Å². The third kappa shape index (κ3) is 4.96. The highest BCUT2D eigenvalue weighted by molar-refractivity contribution is 14.1. The Hall–Kier alpha value is -1.81. The molecule has 3 aromatic rings. The maximum Gasteiger partial charge on any atom is 0.255 e. The van der Waals surface area contributed by atoms with Crippen LogP contribution in [-0.4, -0.2) is 26.1 Å². The number of hydrogen-bond donors (Lipinski definition) is 1. The summed E-state index contributed by atoms with van der Waals surface area (Å²) < 4.78 is 1.89. The van der Waals surface area contributed by atoms with Crippen molar-refractivity contribution >= 4 is 50.1 Å². The Morgan fingerprint density at radius 1 is 1.21 bits per heavy atom. The molecule has 1 aromatic heterocycles. The molecule has 0 spiro atoms. The van der Waals surface area contributed by atoms with Gasteiger partial charge in [-0.05, 0) is 89.0 Å². The third-order valence-electron chi connectivity index (χ3n) is 4.69. The molecule has 0 saturated heterocycles. The zero-order chi connectivity index (χ0) is 19.5. The van der Waals surface area contributed by atoms with E-state index in [1.807, 2.05) is 30.3 Å². The maximum absolute atomic E-state index is 12.5. The second kappa shape index (κ2) is 8.69. The number of tetrazole rings is 1. The Morgan fingerprint density at radius 2 is 2.00 bits per heavy atom. The van der Waals surface area contributed by atoms with E-state index in [9.17, 15) is 4.79 Å². The molecular weight excluding hydrogens is 533 g/mol. The summed E-state index contributed by atoms with van der Waals surface area (Å²) in [6, 6.07) is 13.1. The first-order chi connectivity index (χ1) is 13.6. The average Bonchev–Trinajstić information content (AvgIpc) is 3.39. The van der Waals surface area contributed by atoms with Gasteiger partial charge in [0.25, 0.3) is 5.91 Å². The number of rotatable bonds is 7. The summed E-state index contributed by atoms with van der Waals surface area (Å²) in [5.74, 6) is 1.31. The van der Waals surface area contributed by atoms with Gasteiger partial charge in [0, 0.05) is 24.9 Å². The standard InChI is InChI=1S/C20H19BrIN5O/c21-18-12-14(20(28)23-16-8-6-15(22)7-9-16)5-10-17(18)19-24-26-27(25-19)11-1-2-13-3-4-13/h5-10,12-13H,1-4,11H2,(H,23,28). The monoisotopic (exact) mass is 551 g/mol. The van der Waals surface area contributed by atoms with Crippen LogP contribution in [0.25, 0.3) is 11.4 Å². The molecule has 6 nitrogen and oxygen atoms in total. The summed E-state index contributed by atoms with van der Waals surface area (Å²) in [5, 5.41) is 15.7. The second-order valence-electron chi connectivity index (χ2n) is 6.95. The van der Waals surface area contributed by atoms with Gasteiger partial charge in [-0.25, -0.2) is 0 Å². The lowest BCUT2D eigenvalue weighted by Gasteiger charge is -2.07. The molecule has 0 aliphatic heterocycles. The van der Waals surface area contributed by atoms with E-state index < -0.39 is 0 Å². The van der Waals surface area contributed by atoms with Crippen LogP contribution in [0.1, 0.15) is 36.0 Å².